The Kier molecular flexibility index (Phi) is 6.70. The van der Waals surface area contributed by atoms with Crippen molar-refractivity contribution in [3.63, 3.8) is 0 Å². The first-order chi connectivity index (χ1) is 15.5. The van der Waals surface area contributed by atoms with Gasteiger partial charge in [0.25, 0.3) is 11.5 Å². The van der Waals surface area contributed by atoms with E-state index in [1.54, 1.807) is 61.4 Å². The molecule has 8 heteroatoms. The number of aromatic amines is 1. The number of rotatable bonds is 8. The normalized spacial score (nSPS) is 16.6. The molecule has 2 unspecified atom stereocenters. The first-order valence-electron chi connectivity index (χ1n) is 10.7. The van der Waals surface area contributed by atoms with Crippen molar-refractivity contribution in [1.82, 2.24) is 14.9 Å². The molecule has 1 aliphatic heterocycles. The van der Waals surface area contributed by atoms with E-state index in [1.165, 1.54) is 0 Å². The van der Waals surface area contributed by atoms with E-state index >= 15 is 0 Å². The fraction of sp³-hybridized carbons (Fsp3) is 0.375. The minimum atomic E-state index is -0.725. The van der Waals surface area contributed by atoms with Gasteiger partial charge < -0.3 is 24.1 Å². The molecule has 0 aliphatic carbocycles. The summed E-state index contributed by atoms with van der Waals surface area (Å²) in [6.07, 6.45) is 1.09. The molecule has 8 nitrogen and oxygen atoms in total. The van der Waals surface area contributed by atoms with Gasteiger partial charge >= 0.3 is 0 Å². The van der Waals surface area contributed by atoms with E-state index in [0.29, 0.717) is 41.4 Å². The molecule has 1 fully saturated rings. The molecule has 0 bridgehead atoms. The van der Waals surface area contributed by atoms with Crippen molar-refractivity contribution in [1.29, 1.82) is 0 Å². The van der Waals surface area contributed by atoms with Crippen LogP contribution in [0.4, 0.5) is 0 Å². The Labute approximate surface area is 186 Å². The number of nitrogens with one attached hydrogen (secondary N) is 1. The molecule has 1 N–H and O–H groups in total. The van der Waals surface area contributed by atoms with E-state index < -0.39 is 6.10 Å². The number of benzene rings is 2. The molecule has 2 atom stereocenters. The van der Waals surface area contributed by atoms with Crippen LogP contribution < -0.4 is 15.0 Å². The van der Waals surface area contributed by atoms with Crippen molar-refractivity contribution in [3.05, 3.63) is 64.7 Å². The third-order valence-electron chi connectivity index (χ3n) is 5.48. The van der Waals surface area contributed by atoms with Crippen molar-refractivity contribution in [2.75, 3.05) is 20.3 Å². The second-order valence-corrected chi connectivity index (χ2v) is 7.82. The van der Waals surface area contributed by atoms with Crippen LogP contribution in [0, 0.1) is 0 Å². The van der Waals surface area contributed by atoms with Crippen LogP contribution in [-0.4, -0.2) is 53.2 Å². The zero-order chi connectivity index (χ0) is 22.5. The maximum atomic E-state index is 13.3. The van der Waals surface area contributed by atoms with Gasteiger partial charge in [0.1, 0.15) is 17.3 Å². The fourth-order valence-corrected chi connectivity index (χ4v) is 3.82. The average Bonchev–Trinajstić information content (AvgIpc) is 3.32. The van der Waals surface area contributed by atoms with Gasteiger partial charge in [-0.1, -0.05) is 12.1 Å². The molecule has 0 radical (unpaired) electrons. The van der Waals surface area contributed by atoms with Crippen LogP contribution in [0.25, 0.3) is 10.9 Å². The minimum Gasteiger partial charge on any atom is -0.497 e. The number of hydrogen-bond acceptors (Lipinski definition) is 6. The minimum absolute atomic E-state index is 0.0423. The molecular formula is C24H27N3O5. The smallest absolute Gasteiger partial charge is 0.263 e. The van der Waals surface area contributed by atoms with Crippen LogP contribution in [0.1, 0.15) is 25.6 Å². The Balaban J connectivity index is 1.53. The largest absolute Gasteiger partial charge is 0.497 e. The van der Waals surface area contributed by atoms with Gasteiger partial charge in [-0.2, -0.15) is 0 Å². The lowest BCUT2D eigenvalue weighted by molar-refractivity contribution is -0.140. The molecule has 0 spiro atoms. The number of hydrogen-bond donors (Lipinski definition) is 1. The molecule has 168 valence electrons. The number of aromatic nitrogens is 2. The lowest BCUT2D eigenvalue weighted by atomic mass is 10.2. The Morgan fingerprint density at radius 1 is 1.22 bits per heavy atom. The van der Waals surface area contributed by atoms with E-state index in [0.717, 1.165) is 12.8 Å². The van der Waals surface area contributed by atoms with Gasteiger partial charge in [-0.25, -0.2) is 4.98 Å². The third-order valence-corrected chi connectivity index (χ3v) is 5.48. The Hall–Kier alpha value is -3.39. The van der Waals surface area contributed by atoms with Gasteiger partial charge in [0, 0.05) is 13.2 Å². The molecule has 4 rings (SSSR count). The molecule has 3 aromatic rings. The highest BCUT2D eigenvalue weighted by molar-refractivity contribution is 5.81. The van der Waals surface area contributed by atoms with Crippen molar-refractivity contribution < 1.29 is 19.0 Å². The van der Waals surface area contributed by atoms with Gasteiger partial charge in [0.2, 0.25) is 0 Å². The number of fused-ring (bicyclic) bond motifs is 1. The average molecular weight is 437 g/mol. The monoisotopic (exact) mass is 437 g/mol. The van der Waals surface area contributed by atoms with Crippen LogP contribution in [0.2, 0.25) is 0 Å². The standard InChI is InChI=1S/C24H27N3O5/c1-16(32-18-11-9-17(30-2)10-12-18)24(29)27(14-19-6-5-13-31-19)15-22-25-21-8-4-3-7-20(21)23(28)26-22/h3-4,7-12,16,19H,5-6,13-15H2,1-2H3,(H,25,26,28). The number of methoxy groups -OCH3 is 1. The predicted octanol–water partition coefficient (Wildman–Crippen LogP) is 2.91. The van der Waals surface area contributed by atoms with Crippen LogP contribution >= 0.6 is 0 Å². The molecule has 32 heavy (non-hydrogen) atoms. The molecular weight excluding hydrogens is 410 g/mol. The summed E-state index contributed by atoms with van der Waals surface area (Å²) < 4.78 is 16.8. The quantitative estimate of drug-likeness (QED) is 0.582. The van der Waals surface area contributed by atoms with Crippen molar-refractivity contribution in [3.8, 4) is 11.5 Å². The number of para-hydroxylation sites is 1. The number of nitrogens with zero attached hydrogens (tertiary/aromatic N) is 2. The summed E-state index contributed by atoms with van der Waals surface area (Å²) in [6.45, 7) is 2.97. The van der Waals surface area contributed by atoms with E-state index in [9.17, 15) is 9.59 Å². The van der Waals surface area contributed by atoms with Crippen LogP contribution in [0.5, 0.6) is 11.5 Å². The van der Waals surface area contributed by atoms with Gasteiger partial charge in [0.15, 0.2) is 6.10 Å². The summed E-state index contributed by atoms with van der Waals surface area (Å²) in [5.41, 5.74) is 0.371. The highest BCUT2D eigenvalue weighted by Crippen LogP contribution is 2.20. The molecule has 1 aliphatic rings. The molecule has 2 aromatic carbocycles. The maximum Gasteiger partial charge on any atom is 0.263 e. The molecule has 0 saturated carbocycles. The number of carbonyl (C=O) groups excluding carboxylic acids is 1. The van der Waals surface area contributed by atoms with Crippen molar-refractivity contribution in [2.24, 2.45) is 0 Å². The summed E-state index contributed by atoms with van der Waals surface area (Å²) in [6, 6.07) is 14.2. The fourth-order valence-electron chi connectivity index (χ4n) is 3.82. The topological polar surface area (TPSA) is 93.8 Å². The van der Waals surface area contributed by atoms with Crippen LogP contribution in [0.15, 0.2) is 53.3 Å². The maximum absolute atomic E-state index is 13.3. The number of carbonyl (C=O) groups is 1. The molecule has 1 aromatic heterocycles. The summed E-state index contributed by atoms with van der Waals surface area (Å²) in [5.74, 6) is 1.51. The Morgan fingerprint density at radius 3 is 2.69 bits per heavy atom. The number of ether oxygens (including phenoxy) is 3. The first-order valence-corrected chi connectivity index (χ1v) is 10.7. The SMILES string of the molecule is COc1ccc(OC(C)C(=O)N(Cc2nc3ccccc3c(=O)[nH]2)CC2CCCO2)cc1. The second-order valence-electron chi connectivity index (χ2n) is 7.82. The molecule has 2 heterocycles. The summed E-state index contributed by atoms with van der Waals surface area (Å²) in [5, 5.41) is 0.518. The van der Waals surface area contributed by atoms with E-state index in [2.05, 4.69) is 9.97 Å². The number of H-pyrrole nitrogens is 1. The lowest BCUT2D eigenvalue weighted by Gasteiger charge is -2.28. The highest BCUT2D eigenvalue weighted by Gasteiger charge is 2.27. The van der Waals surface area contributed by atoms with Crippen LogP contribution in [-0.2, 0) is 16.1 Å². The van der Waals surface area contributed by atoms with Crippen molar-refractivity contribution >= 4 is 16.8 Å². The summed E-state index contributed by atoms with van der Waals surface area (Å²) >= 11 is 0. The number of amides is 1. The van der Waals surface area contributed by atoms with E-state index in [-0.39, 0.29) is 24.1 Å². The summed E-state index contributed by atoms with van der Waals surface area (Å²) in [7, 11) is 1.59. The lowest BCUT2D eigenvalue weighted by Crippen LogP contribution is -2.44. The Morgan fingerprint density at radius 2 is 1.97 bits per heavy atom. The zero-order valence-corrected chi connectivity index (χ0v) is 18.2. The second kappa shape index (κ2) is 9.82. The van der Waals surface area contributed by atoms with Gasteiger partial charge in [-0.3, -0.25) is 9.59 Å². The molecule has 1 saturated heterocycles. The highest BCUT2D eigenvalue weighted by atomic mass is 16.5. The predicted molar refractivity (Wildman–Crippen MR) is 120 cm³/mol. The van der Waals surface area contributed by atoms with Gasteiger partial charge in [-0.05, 0) is 56.2 Å². The van der Waals surface area contributed by atoms with Crippen molar-refractivity contribution in [2.45, 2.75) is 38.5 Å². The first kappa shape index (κ1) is 21.8. The van der Waals surface area contributed by atoms with E-state index in [1.807, 2.05) is 6.07 Å². The van der Waals surface area contributed by atoms with Gasteiger partial charge in [-0.15, -0.1) is 0 Å². The summed E-state index contributed by atoms with van der Waals surface area (Å²) in [4.78, 5) is 34.8. The Bertz CT molecular complexity index is 1120. The third kappa shape index (κ3) is 5.08. The van der Waals surface area contributed by atoms with Crippen LogP contribution in [0.3, 0.4) is 0 Å². The zero-order valence-electron chi connectivity index (χ0n) is 18.2. The molecule has 1 amide bonds. The van der Waals surface area contributed by atoms with Gasteiger partial charge in [0.05, 0.1) is 30.7 Å². The van der Waals surface area contributed by atoms with E-state index in [4.69, 9.17) is 14.2 Å².